The van der Waals surface area contributed by atoms with Crippen molar-refractivity contribution < 1.29 is 0 Å². The fraction of sp³-hybridized carbons (Fsp3) is 1.00. The van der Waals surface area contributed by atoms with Gasteiger partial charge in [-0.15, -0.1) is 0 Å². The average molecular weight is 345 g/mol. The molecule has 0 aromatic rings. The Kier molecular flexibility index (Phi) is 0.901. The molecule has 0 heterocycles. The van der Waals surface area contributed by atoms with E-state index in [4.69, 9.17) is 23.2 Å². The molecule has 0 aromatic carbocycles. The third-order valence-electron chi connectivity index (χ3n) is 5.75. The van der Waals surface area contributed by atoms with Crippen LogP contribution in [0, 0.1) is 35.5 Å². The van der Waals surface area contributed by atoms with Crippen molar-refractivity contribution in [2.24, 2.45) is 35.5 Å². The van der Waals surface area contributed by atoms with E-state index in [1.54, 1.807) is 0 Å². The van der Waals surface area contributed by atoms with Crippen LogP contribution >= 0.6 is 55.1 Å². The van der Waals surface area contributed by atoms with Crippen LogP contribution in [0.25, 0.3) is 0 Å². The lowest BCUT2D eigenvalue weighted by Gasteiger charge is -2.90. The third-order valence-corrected chi connectivity index (χ3v) is 10.6. The molecular weight excluding hydrogens is 339 g/mol. The molecule has 6 aliphatic carbocycles. The van der Waals surface area contributed by atoms with Crippen LogP contribution in [0.2, 0.25) is 0 Å². The highest BCUT2D eigenvalue weighted by Crippen LogP contribution is 3.04. The largest absolute Gasteiger partial charge is 0.137 e. The molecule has 0 aromatic heterocycles. The molecule has 6 rings (SSSR count). The summed E-state index contributed by atoms with van der Waals surface area (Å²) in [5, 5.41) is 0. The second-order valence-corrected chi connectivity index (χ2v) is 9.44. The highest BCUT2D eigenvalue weighted by atomic mass is 79.9. The van der Waals surface area contributed by atoms with Crippen molar-refractivity contribution in [3.8, 4) is 0 Å². The predicted octanol–water partition coefficient (Wildman–Crippen LogP) is 3.19. The number of rotatable bonds is 0. The predicted molar refractivity (Wildman–Crippen MR) is 58.7 cm³/mol. The van der Waals surface area contributed by atoms with E-state index in [-0.39, 0.29) is 4.32 Å². The molecular formula is C9H6Br2Cl2. The Morgan fingerprint density at radius 3 is 1.62 bits per heavy atom. The van der Waals surface area contributed by atoms with E-state index in [2.05, 4.69) is 31.9 Å². The molecule has 70 valence electrons. The molecule has 8 atom stereocenters. The van der Waals surface area contributed by atoms with Gasteiger partial charge in [-0.05, 0) is 29.6 Å². The van der Waals surface area contributed by atoms with E-state index in [0.717, 1.165) is 29.6 Å². The molecule has 0 aliphatic heterocycles. The number of hydrogen-bond donors (Lipinski definition) is 0. The minimum atomic E-state index is -0.470. The Labute approximate surface area is 103 Å². The van der Waals surface area contributed by atoms with Crippen LogP contribution in [0.4, 0.5) is 0 Å². The number of alkyl halides is 4. The molecule has 4 heteroatoms. The zero-order valence-corrected chi connectivity index (χ0v) is 11.2. The fourth-order valence-corrected chi connectivity index (χ4v) is 9.76. The summed E-state index contributed by atoms with van der Waals surface area (Å²) in [5.74, 6) is 4.60. The van der Waals surface area contributed by atoms with Gasteiger partial charge in [-0.1, -0.05) is 55.1 Å². The van der Waals surface area contributed by atoms with Crippen molar-refractivity contribution in [3.63, 3.8) is 0 Å². The van der Waals surface area contributed by atoms with Gasteiger partial charge in [0.25, 0.3) is 0 Å². The van der Waals surface area contributed by atoms with Gasteiger partial charge < -0.3 is 0 Å². The van der Waals surface area contributed by atoms with E-state index in [9.17, 15) is 0 Å². The van der Waals surface area contributed by atoms with Gasteiger partial charge in [0, 0.05) is 10.2 Å². The van der Waals surface area contributed by atoms with Gasteiger partial charge in [0.1, 0.15) is 4.33 Å². The zero-order chi connectivity index (χ0) is 8.96. The van der Waals surface area contributed by atoms with Gasteiger partial charge in [-0.3, -0.25) is 0 Å². The first kappa shape index (κ1) is 7.76. The van der Waals surface area contributed by atoms with Crippen LogP contribution < -0.4 is 0 Å². The fourth-order valence-electron chi connectivity index (χ4n) is 5.60. The van der Waals surface area contributed by atoms with Gasteiger partial charge in [0.15, 0.2) is 0 Å². The van der Waals surface area contributed by atoms with Crippen molar-refractivity contribution in [3.05, 3.63) is 0 Å². The second-order valence-electron chi connectivity index (χ2n) is 5.37. The molecule has 0 radical (unpaired) electrons. The Hall–Kier alpha value is 1.54. The monoisotopic (exact) mass is 342 g/mol. The van der Waals surface area contributed by atoms with E-state index < -0.39 is 4.33 Å². The van der Waals surface area contributed by atoms with Crippen LogP contribution in [0.3, 0.4) is 0 Å². The summed E-state index contributed by atoms with van der Waals surface area (Å²) >= 11 is 20.7. The van der Waals surface area contributed by atoms with Crippen molar-refractivity contribution in [2.75, 3.05) is 0 Å². The molecule has 0 N–H and O–H groups in total. The lowest BCUT2D eigenvalue weighted by molar-refractivity contribution is -0.337. The normalized spacial score (nSPS) is 87.7. The highest BCUT2D eigenvalue weighted by Gasteiger charge is 3.07. The smallest absolute Gasteiger partial charge is 0.0997 e. The Bertz CT molecular complexity index is 360. The van der Waals surface area contributed by atoms with Crippen LogP contribution in [0.1, 0.15) is 0 Å². The van der Waals surface area contributed by atoms with Crippen molar-refractivity contribution in [1.82, 2.24) is 0 Å². The summed E-state index contributed by atoms with van der Waals surface area (Å²) in [6.45, 7) is 0. The maximum Gasteiger partial charge on any atom is 0.137 e. The Morgan fingerprint density at radius 1 is 0.769 bits per heavy atom. The summed E-state index contributed by atoms with van der Waals surface area (Å²) in [7, 11) is 0. The van der Waals surface area contributed by atoms with Crippen molar-refractivity contribution >= 4 is 55.1 Å². The molecule has 2 bridgehead atoms. The molecule has 0 amide bonds. The van der Waals surface area contributed by atoms with Gasteiger partial charge in [0.2, 0.25) is 0 Å². The molecule has 6 fully saturated rings. The minimum absolute atomic E-state index is 0.100. The van der Waals surface area contributed by atoms with Gasteiger partial charge in [0.05, 0.1) is 4.32 Å². The van der Waals surface area contributed by atoms with Gasteiger partial charge >= 0.3 is 0 Å². The van der Waals surface area contributed by atoms with Gasteiger partial charge in [-0.2, -0.15) is 0 Å². The molecule has 13 heavy (non-hydrogen) atoms. The van der Waals surface area contributed by atoms with E-state index in [1.165, 1.54) is 0 Å². The second kappa shape index (κ2) is 1.51. The van der Waals surface area contributed by atoms with Crippen LogP contribution in [0.15, 0.2) is 0 Å². The standard InChI is InChI=1S/C9H6Br2Cl2/c10-7-1-4-2(7)6-3(7)5(1)8(4,11)9(6,12)13/h1-6H/t1?,2-,3+,4-,5-,6?,7?,8?/m0/s1. The average Bonchev–Trinajstić information content (AvgIpc) is 2.20. The zero-order valence-electron chi connectivity index (χ0n) is 6.48. The summed E-state index contributed by atoms with van der Waals surface area (Å²) in [6, 6.07) is 0. The maximum atomic E-state index is 6.50. The summed E-state index contributed by atoms with van der Waals surface area (Å²) < 4.78 is 0.126. The van der Waals surface area contributed by atoms with E-state index in [1.807, 2.05) is 0 Å². The molecule has 6 saturated carbocycles. The third kappa shape index (κ3) is 0.362. The van der Waals surface area contributed by atoms with Crippen LogP contribution in [-0.2, 0) is 0 Å². The SMILES string of the molecule is ClC1(Cl)C2[C@@H]3[C@@H]4C5[C@@H]([C@H]2C53Br)C41Br. The van der Waals surface area contributed by atoms with Crippen LogP contribution in [-0.4, -0.2) is 13.0 Å². The Morgan fingerprint density at radius 2 is 1.23 bits per heavy atom. The lowest BCUT2D eigenvalue weighted by Crippen LogP contribution is -2.93. The molecule has 0 nitrogen and oxygen atoms in total. The maximum absolute atomic E-state index is 6.50. The van der Waals surface area contributed by atoms with E-state index >= 15 is 0 Å². The molecule has 6 aliphatic rings. The van der Waals surface area contributed by atoms with Crippen LogP contribution in [0.5, 0.6) is 0 Å². The van der Waals surface area contributed by atoms with Gasteiger partial charge in [-0.25, -0.2) is 0 Å². The lowest BCUT2D eigenvalue weighted by atomic mass is 9.20. The van der Waals surface area contributed by atoms with Crippen molar-refractivity contribution in [1.29, 1.82) is 0 Å². The summed E-state index contributed by atoms with van der Waals surface area (Å²) in [4.78, 5) is 0. The molecule has 0 saturated heterocycles. The first-order valence-corrected chi connectivity index (χ1v) is 7.08. The topological polar surface area (TPSA) is 0 Å². The first-order valence-electron chi connectivity index (χ1n) is 4.74. The summed E-state index contributed by atoms with van der Waals surface area (Å²) in [5.41, 5.74) is 0. The molecule has 4 unspecified atom stereocenters. The molecule has 0 spiro atoms. The first-order chi connectivity index (χ1) is 5.98. The quantitative estimate of drug-likeness (QED) is 0.592. The highest BCUT2D eigenvalue weighted by molar-refractivity contribution is 9.10. The number of halogens is 4. The Balaban J connectivity index is 1.85. The summed E-state index contributed by atoms with van der Waals surface area (Å²) in [6.07, 6.45) is 0. The minimum Gasteiger partial charge on any atom is -0.0997 e. The van der Waals surface area contributed by atoms with E-state index in [0.29, 0.717) is 10.2 Å². The van der Waals surface area contributed by atoms with Crippen molar-refractivity contribution in [2.45, 2.75) is 13.0 Å². The number of hydrogen-bond acceptors (Lipinski definition) is 0.